The fourth-order valence-corrected chi connectivity index (χ4v) is 2.51. The van der Waals surface area contributed by atoms with Gasteiger partial charge in [0.2, 0.25) is 5.82 Å². The molecule has 2 atom stereocenters. The molecule has 1 saturated heterocycles. The predicted octanol–water partition coefficient (Wildman–Crippen LogP) is 1.22. The van der Waals surface area contributed by atoms with Gasteiger partial charge in [-0.1, -0.05) is 0 Å². The first kappa shape index (κ1) is 15.2. The lowest BCUT2D eigenvalue weighted by atomic mass is 10.1. The molecule has 2 rings (SSSR count). The van der Waals surface area contributed by atoms with E-state index in [1.165, 1.54) is 6.07 Å². The quantitative estimate of drug-likeness (QED) is 0.660. The van der Waals surface area contributed by atoms with Crippen molar-refractivity contribution in [1.82, 2.24) is 9.88 Å². The van der Waals surface area contributed by atoms with Gasteiger partial charge >= 0.3 is 11.7 Å². The molecule has 2 heterocycles. The van der Waals surface area contributed by atoms with Gasteiger partial charge in [-0.05, 0) is 27.0 Å². The van der Waals surface area contributed by atoms with Gasteiger partial charge in [0.25, 0.3) is 0 Å². The van der Waals surface area contributed by atoms with E-state index in [2.05, 4.69) is 9.88 Å². The number of nitrogens with zero attached hydrogens (tertiary/aromatic N) is 4. The summed E-state index contributed by atoms with van der Waals surface area (Å²) in [5.41, 5.74) is -0.348. The number of carbonyl (C=O) groups is 1. The van der Waals surface area contributed by atoms with Crippen molar-refractivity contribution in [3.05, 3.63) is 27.9 Å². The molecule has 0 spiro atoms. The molecule has 0 radical (unpaired) electrons. The number of hydrogen-bond acceptors (Lipinski definition) is 6. The smallest absolute Gasteiger partial charge is 0.354 e. The Bertz CT molecular complexity index is 565. The van der Waals surface area contributed by atoms with Crippen LogP contribution in [0.3, 0.4) is 0 Å². The third-order valence-corrected chi connectivity index (χ3v) is 3.93. The lowest BCUT2D eigenvalue weighted by Gasteiger charge is -2.42. The van der Waals surface area contributed by atoms with Crippen LogP contribution in [0, 0.1) is 10.1 Å². The van der Waals surface area contributed by atoms with E-state index in [0.29, 0.717) is 13.1 Å². The molecule has 2 unspecified atom stereocenters. The molecule has 1 fully saturated rings. The van der Waals surface area contributed by atoms with Crippen molar-refractivity contribution >= 4 is 17.5 Å². The first-order valence-electron chi connectivity index (χ1n) is 6.67. The summed E-state index contributed by atoms with van der Waals surface area (Å²) in [5.74, 6) is -1.06. The van der Waals surface area contributed by atoms with E-state index >= 15 is 0 Å². The Morgan fingerprint density at radius 3 is 2.43 bits per heavy atom. The van der Waals surface area contributed by atoms with E-state index in [1.54, 1.807) is 4.90 Å². The third-order valence-electron chi connectivity index (χ3n) is 3.93. The van der Waals surface area contributed by atoms with Gasteiger partial charge in [-0.15, -0.1) is 0 Å². The molecule has 1 aromatic rings. The highest BCUT2D eigenvalue weighted by Gasteiger charge is 2.31. The van der Waals surface area contributed by atoms with Crippen LogP contribution in [0.25, 0.3) is 0 Å². The minimum Gasteiger partial charge on any atom is -0.477 e. The lowest BCUT2D eigenvalue weighted by Crippen LogP contribution is -2.55. The van der Waals surface area contributed by atoms with Gasteiger partial charge in [0, 0.05) is 31.2 Å². The average molecular weight is 294 g/mol. The molecule has 0 saturated carbocycles. The Morgan fingerprint density at radius 1 is 1.38 bits per heavy atom. The second-order valence-corrected chi connectivity index (χ2v) is 5.37. The summed E-state index contributed by atoms with van der Waals surface area (Å²) in [5, 5.41) is 20.2. The fourth-order valence-electron chi connectivity index (χ4n) is 2.51. The molecule has 114 valence electrons. The van der Waals surface area contributed by atoms with Gasteiger partial charge in [-0.2, -0.15) is 0 Å². The number of hydrogen-bond donors (Lipinski definition) is 1. The molecule has 1 aromatic heterocycles. The minimum atomic E-state index is -1.19. The van der Waals surface area contributed by atoms with E-state index in [9.17, 15) is 14.9 Å². The molecule has 1 N–H and O–H groups in total. The van der Waals surface area contributed by atoms with Crippen LogP contribution < -0.4 is 4.90 Å². The predicted molar refractivity (Wildman–Crippen MR) is 76.8 cm³/mol. The van der Waals surface area contributed by atoms with Crippen LogP contribution in [0.2, 0.25) is 0 Å². The van der Waals surface area contributed by atoms with Gasteiger partial charge in [0.15, 0.2) is 5.69 Å². The Labute approximate surface area is 122 Å². The highest BCUT2D eigenvalue weighted by Crippen LogP contribution is 2.29. The molecule has 0 amide bonds. The zero-order valence-electron chi connectivity index (χ0n) is 12.2. The summed E-state index contributed by atoms with van der Waals surface area (Å²) in [6.07, 6.45) is 0. The minimum absolute atomic E-state index is 0.131. The van der Waals surface area contributed by atoms with Crippen molar-refractivity contribution < 1.29 is 14.8 Å². The molecule has 0 bridgehead atoms. The van der Waals surface area contributed by atoms with Crippen molar-refractivity contribution in [1.29, 1.82) is 0 Å². The van der Waals surface area contributed by atoms with Crippen molar-refractivity contribution in [2.45, 2.75) is 25.9 Å². The summed E-state index contributed by atoms with van der Waals surface area (Å²) < 4.78 is 0. The number of aromatic carboxylic acids is 1. The Morgan fingerprint density at radius 2 is 1.95 bits per heavy atom. The first-order chi connectivity index (χ1) is 9.81. The number of pyridine rings is 1. The number of nitro groups is 1. The molecule has 0 aliphatic carbocycles. The van der Waals surface area contributed by atoms with E-state index in [4.69, 9.17) is 5.11 Å². The number of carboxylic acids is 1. The molecule has 21 heavy (non-hydrogen) atoms. The zero-order chi connectivity index (χ0) is 15.7. The van der Waals surface area contributed by atoms with Crippen LogP contribution >= 0.6 is 0 Å². The number of carboxylic acid groups (broad SMARTS) is 1. The molecule has 8 nitrogen and oxygen atoms in total. The monoisotopic (exact) mass is 294 g/mol. The van der Waals surface area contributed by atoms with E-state index in [1.807, 2.05) is 20.9 Å². The van der Waals surface area contributed by atoms with Crippen LogP contribution in [-0.2, 0) is 0 Å². The third kappa shape index (κ3) is 2.94. The number of piperazine rings is 1. The number of rotatable bonds is 3. The summed E-state index contributed by atoms with van der Waals surface area (Å²) in [6.45, 7) is 5.18. The van der Waals surface area contributed by atoms with Crippen LogP contribution in [0.5, 0.6) is 0 Å². The van der Waals surface area contributed by atoms with Crippen molar-refractivity contribution in [3.63, 3.8) is 0 Å². The maximum absolute atomic E-state index is 11.2. The highest BCUT2D eigenvalue weighted by atomic mass is 16.6. The molecular weight excluding hydrogens is 276 g/mol. The lowest BCUT2D eigenvalue weighted by molar-refractivity contribution is -0.384. The van der Waals surface area contributed by atoms with Crippen LogP contribution in [0.1, 0.15) is 24.3 Å². The second kappa shape index (κ2) is 5.65. The number of aromatic nitrogens is 1. The van der Waals surface area contributed by atoms with Gasteiger partial charge in [-0.3, -0.25) is 15.0 Å². The summed E-state index contributed by atoms with van der Waals surface area (Å²) >= 11 is 0. The number of anilines is 1. The summed E-state index contributed by atoms with van der Waals surface area (Å²) in [4.78, 5) is 29.6. The summed E-state index contributed by atoms with van der Waals surface area (Å²) in [7, 11) is 2.00. The topological polar surface area (TPSA) is 99.8 Å². The van der Waals surface area contributed by atoms with Gasteiger partial charge in [-0.25, -0.2) is 9.78 Å². The molecule has 8 heteroatoms. The standard InChI is InChI=1S/C13H18N4O4/c1-8-6-16(7-9(2)15(8)3)12-11(17(20)21)5-4-10(14-12)13(18)19/h4-5,8-9H,6-7H2,1-3H3,(H,18,19). The fraction of sp³-hybridized carbons (Fsp3) is 0.538. The summed E-state index contributed by atoms with van der Waals surface area (Å²) in [6, 6.07) is 2.76. The van der Waals surface area contributed by atoms with Crippen LogP contribution in [0.4, 0.5) is 11.5 Å². The van der Waals surface area contributed by atoms with E-state index in [0.717, 1.165) is 6.07 Å². The average Bonchev–Trinajstić information content (AvgIpc) is 2.43. The molecule has 1 aliphatic heterocycles. The largest absolute Gasteiger partial charge is 0.477 e. The van der Waals surface area contributed by atoms with Crippen molar-refractivity contribution in [2.75, 3.05) is 25.0 Å². The van der Waals surface area contributed by atoms with Crippen LogP contribution in [-0.4, -0.2) is 58.1 Å². The number of likely N-dealkylation sites (N-methyl/N-ethyl adjacent to an activating group) is 1. The first-order valence-corrected chi connectivity index (χ1v) is 6.67. The molecule has 0 aromatic carbocycles. The maximum Gasteiger partial charge on any atom is 0.354 e. The van der Waals surface area contributed by atoms with Crippen LogP contribution in [0.15, 0.2) is 12.1 Å². The van der Waals surface area contributed by atoms with E-state index in [-0.39, 0.29) is 29.3 Å². The zero-order valence-corrected chi connectivity index (χ0v) is 12.2. The Hall–Kier alpha value is -2.22. The maximum atomic E-state index is 11.2. The second-order valence-electron chi connectivity index (χ2n) is 5.37. The van der Waals surface area contributed by atoms with Gasteiger partial charge in [0.1, 0.15) is 0 Å². The highest BCUT2D eigenvalue weighted by molar-refractivity contribution is 5.86. The Kier molecular flexibility index (Phi) is 4.08. The molecule has 1 aliphatic rings. The SMILES string of the molecule is CC1CN(c2nc(C(=O)O)ccc2[N+](=O)[O-])CC(C)N1C. The van der Waals surface area contributed by atoms with Crippen molar-refractivity contribution in [3.8, 4) is 0 Å². The van der Waals surface area contributed by atoms with Gasteiger partial charge in [0.05, 0.1) is 4.92 Å². The van der Waals surface area contributed by atoms with Gasteiger partial charge < -0.3 is 10.0 Å². The van der Waals surface area contributed by atoms with Crippen molar-refractivity contribution in [2.24, 2.45) is 0 Å². The van der Waals surface area contributed by atoms with E-state index < -0.39 is 10.9 Å². The normalized spacial score (nSPS) is 23.1. The molecular formula is C13H18N4O4. The Balaban J connectivity index is 2.43.